The van der Waals surface area contributed by atoms with Crippen LogP contribution >= 0.6 is 11.6 Å². The number of halogens is 1. The number of hydrogen-bond acceptors (Lipinski definition) is 3. The molecular formula is C16H15ClO3. The second-order valence-electron chi connectivity index (χ2n) is 4.44. The molecule has 0 atom stereocenters. The summed E-state index contributed by atoms with van der Waals surface area (Å²) in [5.74, 6) is 0.489. The lowest BCUT2D eigenvalue weighted by Gasteiger charge is -2.09. The average molecular weight is 291 g/mol. The smallest absolute Gasteiger partial charge is 0.349 e. The van der Waals surface area contributed by atoms with Gasteiger partial charge in [-0.15, -0.1) is 0 Å². The van der Waals surface area contributed by atoms with Crippen molar-refractivity contribution in [3.63, 3.8) is 0 Å². The van der Waals surface area contributed by atoms with Crippen molar-refractivity contribution in [1.29, 1.82) is 0 Å². The Morgan fingerprint density at radius 1 is 1.10 bits per heavy atom. The van der Waals surface area contributed by atoms with E-state index < -0.39 is 5.97 Å². The van der Waals surface area contributed by atoms with Crippen LogP contribution in [0.15, 0.2) is 42.5 Å². The van der Waals surface area contributed by atoms with Gasteiger partial charge in [0.05, 0.1) is 5.02 Å². The number of esters is 1. The van der Waals surface area contributed by atoms with Gasteiger partial charge in [-0.1, -0.05) is 29.8 Å². The van der Waals surface area contributed by atoms with Crippen LogP contribution in [0.3, 0.4) is 0 Å². The summed E-state index contributed by atoms with van der Waals surface area (Å²) >= 11 is 5.91. The van der Waals surface area contributed by atoms with E-state index in [2.05, 4.69) is 0 Å². The molecule has 0 fully saturated rings. The number of carbonyl (C=O) groups is 1. The van der Waals surface area contributed by atoms with E-state index in [4.69, 9.17) is 21.1 Å². The Morgan fingerprint density at radius 2 is 1.85 bits per heavy atom. The molecule has 3 nitrogen and oxygen atoms in total. The zero-order chi connectivity index (χ0) is 14.5. The van der Waals surface area contributed by atoms with Crippen LogP contribution < -0.4 is 9.47 Å². The highest BCUT2D eigenvalue weighted by Crippen LogP contribution is 2.23. The van der Waals surface area contributed by atoms with E-state index in [0.29, 0.717) is 16.5 Å². The van der Waals surface area contributed by atoms with Gasteiger partial charge >= 0.3 is 5.97 Å². The zero-order valence-electron chi connectivity index (χ0n) is 11.4. The molecule has 0 aromatic heterocycles. The van der Waals surface area contributed by atoms with Crippen LogP contribution in [0.25, 0.3) is 0 Å². The van der Waals surface area contributed by atoms with Crippen LogP contribution in [0.4, 0.5) is 0 Å². The molecular weight excluding hydrogens is 276 g/mol. The summed E-state index contributed by atoms with van der Waals surface area (Å²) in [6.45, 7) is 3.85. The molecule has 0 bridgehead atoms. The molecule has 0 amide bonds. The lowest BCUT2D eigenvalue weighted by Crippen LogP contribution is -2.17. The van der Waals surface area contributed by atoms with Gasteiger partial charge < -0.3 is 9.47 Å². The van der Waals surface area contributed by atoms with Gasteiger partial charge in [0.1, 0.15) is 11.5 Å². The maximum atomic E-state index is 11.7. The van der Waals surface area contributed by atoms with Gasteiger partial charge in [0.2, 0.25) is 0 Å². The number of ether oxygens (including phenoxy) is 2. The monoisotopic (exact) mass is 290 g/mol. The first-order chi connectivity index (χ1) is 9.56. The van der Waals surface area contributed by atoms with E-state index in [0.717, 1.165) is 5.56 Å². The molecule has 0 aliphatic heterocycles. The van der Waals surface area contributed by atoms with Crippen molar-refractivity contribution >= 4 is 17.6 Å². The maximum absolute atomic E-state index is 11.7. The molecule has 0 saturated carbocycles. The molecule has 0 spiro atoms. The number of rotatable bonds is 4. The molecule has 0 N–H and O–H groups in total. The summed E-state index contributed by atoms with van der Waals surface area (Å²) in [7, 11) is 0. The number of carbonyl (C=O) groups excluding carboxylic acids is 1. The number of aryl methyl sites for hydroxylation is 2. The summed E-state index contributed by atoms with van der Waals surface area (Å²) < 4.78 is 10.5. The van der Waals surface area contributed by atoms with Crippen molar-refractivity contribution in [2.75, 3.05) is 6.61 Å². The van der Waals surface area contributed by atoms with Crippen molar-refractivity contribution in [2.45, 2.75) is 13.8 Å². The first kappa shape index (κ1) is 14.4. The molecule has 0 radical (unpaired) electrons. The van der Waals surface area contributed by atoms with Crippen LogP contribution in [0.1, 0.15) is 11.1 Å². The molecule has 2 aromatic carbocycles. The summed E-state index contributed by atoms with van der Waals surface area (Å²) in [6.07, 6.45) is 0. The third-order valence-corrected chi connectivity index (χ3v) is 3.21. The Balaban J connectivity index is 1.92. The summed E-state index contributed by atoms with van der Waals surface area (Å²) in [5, 5.41) is 0.395. The second-order valence-corrected chi connectivity index (χ2v) is 4.85. The van der Waals surface area contributed by atoms with Crippen molar-refractivity contribution in [2.24, 2.45) is 0 Å². The first-order valence-electron chi connectivity index (χ1n) is 6.21. The molecule has 4 heteroatoms. The Hall–Kier alpha value is -2.00. The standard InChI is InChI=1S/C16H15ClO3/c1-11-7-8-13(9-12(11)2)19-10-16(18)20-15-6-4-3-5-14(15)17/h3-9H,10H2,1-2H3. The van der Waals surface area contributed by atoms with E-state index in [1.165, 1.54) is 5.56 Å². The normalized spacial score (nSPS) is 10.2. The highest BCUT2D eigenvalue weighted by molar-refractivity contribution is 6.32. The topological polar surface area (TPSA) is 35.5 Å². The molecule has 0 saturated heterocycles. The largest absolute Gasteiger partial charge is 0.482 e. The Kier molecular flexibility index (Phi) is 4.64. The van der Waals surface area contributed by atoms with Gasteiger partial charge in [-0.2, -0.15) is 0 Å². The predicted octanol–water partition coefficient (Wildman–Crippen LogP) is 3.94. The van der Waals surface area contributed by atoms with Gasteiger partial charge in [0.15, 0.2) is 6.61 Å². The summed E-state index contributed by atoms with van der Waals surface area (Å²) in [5.41, 5.74) is 2.29. The van der Waals surface area contributed by atoms with E-state index in [9.17, 15) is 4.79 Å². The maximum Gasteiger partial charge on any atom is 0.349 e. The van der Waals surface area contributed by atoms with Crippen molar-refractivity contribution in [3.8, 4) is 11.5 Å². The molecule has 0 aliphatic rings. The molecule has 0 unspecified atom stereocenters. The number of benzene rings is 2. The minimum atomic E-state index is -0.490. The van der Waals surface area contributed by atoms with Crippen LogP contribution in [0, 0.1) is 13.8 Å². The fourth-order valence-corrected chi connectivity index (χ4v) is 1.80. The molecule has 0 aliphatic carbocycles. The van der Waals surface area contributed by atoms with Crippen LogP contribution in [-0.4, -0.2) is 12.6 Å². The third-order valence-electron chi connectivity index (χ3n) is 2.90. The van der Waals surface area contributed by atoms with Crippen molar-refractivity contribution in [3.05, 3.63) is 58.6 Å². The number of para-hydroxylation sites is 1. The second kappa shape index (κ2) is 6.44. The predicted molar refractivity (Wildman–Crippen MR) is 78.5 cm³/mol. The molecule has 2 rings (SSSR count). The van der Waals surface area contributed by atoms with E-state index >= 15 is 0 Å². The highest BCUT2D eigenvalue weighted by Gasteiger charge is 2.09. The minimum Gasteiger partial charge on any atom is -0.482 e. The fraction of sp³-hybridized carbons (Fsp3) is 0.188. The first-order valence-corrected chi connectivity index (χ1v) is 6.59. The molecule has 104 valence electrons. The number of hydrogen-bond donors (Lipinski definition) is 0. The zero-order valence-corrected chi connectivity index (χ0v) is 12.1. The van der Waals surface area contributed by atoms with Crippen molar-refractivity contribution < 1.29 is 14.3 Å². The third kappa shape index (κ3) is 3.75. The van der Waals surface area contributed by atoms with Crippen molar-refractivity contribution in [1.82, 2.24) is 0 Å². The van der Waals surface area contributed by atoms with Gasteiger partial charge in [-0.25, -0.2) is 4.79 Å². The van der Waals surface area contributed by atoms with E-state index in [1.807, 2.05) is 32.0 Å². The van der Waals surface area contributed by atoms with Gasteiger partial charge in [0, 0.05) is 0 Å². The molecule has 0 heterocycles. The van der Waals surface area contributed by atoms with Gasteiger partial charge in [-0.3, -0.25) is 0 Å². The quantitative estimate of drug-likeness (QED) is 0.632. The lowest BCUT2D eigenvalue weighted by molar-refractivity contribution is -0.136. The SMILES string of the molecule is Cc1ccc(OCC(=O)Oc2ccccc2Cl)cc1C. The van der Waals surface area contributed by atoms with E-state index in [-0.39, 0.29) is 6.61 Å². The Bertz CT molecular complexity index is 623. The lowest BCUT2D eigenvalue weighted by atomic mass is 10.1. The fourth-order valence-electron chi connectivity index (χ4n) is 1.63. The average Bonchev–Trinajstić information content (AvgIpc) is 2.43. The molecule has 20 heavy (non-hydrogen) atoms. The Labute approximate surface area is 123 Å². The highest BCUT2D eigenvalue weighted by atomic mass is 35.5. The molecule has 2 aromatic rings. The van der Waals surface area contributed by atoms with Gasteiger partial charge in [-0.05, 0) is 49.2 Å². The van der Waals surface area contributed by atoms with Crippen LogP contribution in [0.5, 0.6) is 11.5 Å². The van der Waals surface area contributed by atoms with Crippen LogP contribution in [-0.2, 0) is 4.79 Å². The van der Waals surface area contributed by atoms with E-state index in [1.54, 1.807) is 24.3 Å². The summed E-state index contributed by atoms with van der Waals surface area (Å²) in [4.78, 5) is 11.7. The van der Waals surface area contributed by atoms with Crippen LogP contribution in [0.2, 0.25) is 5.02 Å². The summed E-state index contributed by atoms with van der Waals surface area (Å²) in [6, 6.07) is 12.5. The minimum absolute atomic E-state index is 0.159. The Morgan fingerprint density at radius 3 is 2.55 bits per heavy atom. The van der Waals surface area contributed by atoms with Gasteiger partial charge in [0.25, 0.3) is 0 Å².